The Morgan fingerprint density at radius 2 is 2.15 bits per heavy atom. The summed E-state index contributed by atoms with van der Waals surface area (Å²) in [6.07, 6.45) is 0.950. The number of hydrogen-bond acceptors (Lipinski definition) is 3. The Kier molecular flexibility index (Phi) is 6.82. The lowest BCUT2D eigenvalue weighted by Gasteiger charge is -2.29. The van der Waals surface area contributed by atoms with Crippen LogP contribution in [0.2, 0.25) is 0 Å². The number of hydrogen-bond donors (Lipinski definition) is 2. The second-order valence-corrected chi connectivity index (χ2v) is 3.01. The van der Waals surface area contributed by atoms with Crippen molar-refractivity contribution in [1.29, 1.82) is 0 Å². The molecule has 1 saturated heterocycles. The number of ketones is 1. The van der Waals surface area contributed by atoms with Gasteiger partial charge in [-0.1, -0.05) is 20.8 Å². The van der Waals surface area contributed by atoms with E-state index in [0.29, 0.717) is 18.4 Å². The normalized spacial score (nSPS) is 27.8. The Hall–Kier alpha value is -0.410. The van der Waals surface area contributed by atoms with E-state index in [9.17, 15) is 4.79 Å². The molecule has 3 heteroatoms. The van der Waals surface area contributed by atoms with Crippen molar-refractivity contribution in [2.24, 2.45) is 5.92 Å². The van der Waals surface area contributed by atoms with Gasteiger partial charge in [0.25, 0.3) is 0 Å². The summed E-state index contributed by atoms with van der Waals surface area (Å²) >= 11 is 0. The fourth-order valence-corrected chi connectivity index (χ4v) is 1.66. The highest BCUT2D eigenvalue weighted by Crippen LogP contribution is 2.12. The predicted octanol–water partition coefficient (Wildman–Crippen LogP) is 0.799. The van der Waals surface area contributed by atoms with E-state index in [1.807, 2.05) is 20.9 Å². The Bertz CT molecular complexity index is 148. The van der Waals surface area contributed by atoms with Crippen molar-refractivity contribution >= 4 is 5.78 Å². The monoisotopic (exact) mass is 186 g/mol. The molecule has 0 spiro atoms. The van der Waals surface area contributed by atoms with Crippen LogP contribution in [-0.4, -0.2) is 32.0 Å². The fraction of sp³-hybridized carbons (Fsp3) is 0.900. The molecular weight excluding hydrogens is 164 g/mol. The zero-order chi connectivity index (χ0) is 10.3. The van der Waals surface area contributed by atoms with Gasteiger partial charge in [-0.15, -0.1) is 0 Å². The number of piperidine rings is 1. The van der Waals surface area contributed by atoms with Crippen molar-refractivity contribution < 1.29 is 4.79 Å². The second kappa shape index (κ2) is 7.04. The summed E-state index contributed by atoms with van der Waals surface area (Å²) in [5.74, 6) is 0.569. The van der Waals surface area contributed by atoms with Gasteiger partial charge >= 0.3 is 0 Å². The Balaban J connectivity index is 0.000000671. The van der Waals surface area contributed by atoms with E-state index in [0.717, 1.165) is 13.0 Å². The topological polar surface area (TPSA) is 41.1 Å². The number of carbonyl (C=O) groups excluding carboxylic acids is 1. The van der Waals surface area contributed by atoms with Crippen LogP contribution >= 0.6 is 0 Å². The van der Waals surface area contributed by atoms with E-state index >= 15 is 0 Å². The third kappa shape index (κ3) is 3.44. The van der Waals surface area contributed by atoms with Crippen LogP contribution in [0, 0.1) is 5.92 Å². The number of Topliss-reactive ketones (excluding diaryl/α,β-unsaturated/α-hetero) is 1. The van der Waals surface area contributed by atoms with Crippen LogP contribution in [-0.2, 0) is 4.79 Å². The molecule has 0 radical (unpaired) electrons. The molecule has 2 unspecified atom stereocenters. The Morgan fingerprint density at radius 1 is 1.54 bits per heavy atom. The molecule has 0 aromatic carbocycles. The van der Waals surface area contributed by atoms with Gasteiger partial charge in [0.1, 0.15) is 0 Å². The lowest BCUT2D eigenvalue weighted by Crippen LogP contribution is -2.52. The number of rotatable bonds is 2. The summed E-state index contributed by atoms with van der Waals surface area (Å²) in [7, 11) is 1.91. The molecule has 2 atom stereocenters. The molecule has 0 aliphatic carbocycles. The van der Waals surface area contributed by atoms with Gasteiger partial charge in [0.15, 0.2) is 5.78 Å². The van der Waals surface area contributed by atoms with Crippen molar-refractivity contribution in [2.45, 2.75) is 33.2 Å². The molecule has 13 heavy (non-hydrogen) atoms. The molecule has 1 aliphatic rings. The highest BCUT2D eigenvalue weighted by Gasteiger charge is 2.28. The lowest BCUT2D eigenvalue weighted by atomic mass is 9.89. The largest absolute Gasteiger partial charge is 0.315 e. The molecule has 1 aliphatic heterocycles. The van der Waals surface area contributed by atoms with Gasteiger partial charge in [0, 0.05) is 18.5 Å². The van der Waals surface area contributed by atoms with Gasteiger partial charge in [0.05, 0.1) is 6.54 Å². The van der Waals surface area contributed by atoms with E-state index in [-0.39, 0.29) is 5.92 Å². The minimum Gasteiger partial charge on any atom is -0.315 e. The van der Waals surface area contributed by atoms with Crippen LogP contribution in [0.4, 0.5) is 0 Å². The Morgan fingerprint density at radius 3 is 2.54 bits per heavy atom. The maximum atomic E-state index is 11.3. The van der Waals surface area contributed by atoms with Crippen LogP contribution < -0.4 is 10.6 Å². The van der Waals surface area contributed by atoms with Gasteiger partial charge in [-0.2, -0.15) is 0 Å². The maximum absolute atomic E-state index is 11.3. The molecule has 1 fully saturated rings. The molecule has 0 bridgehead atoms. The van der Waals surface area contributed by atoms with Crippen LogP contribution in [0.1, 0.15) is 27.2 Å². The molecule has 1 rings (SSSR count). The highest BCUT2D eigenvalue weighted by molar-refractivity contribution is 5.84. The number of nitrogens with one attached hydrogen (secondary N) is 2. The minimum absolute atomic E-state index is 0.223. The molecule has 78 valence electrons. The maximum Gasteiger partial charge on any atom is 0.151 e. The first-order chi connectivity index (χ1) is 6.29. The number of likely N-dealkylation sites (N-methyl/N-ethyl adjacent to an activating group) is 1. The van der Waals surface area contributed by atoms with Gasteiger partial charge in [-0.25, -0.2) is 0 Å². The van der Waals surface area contributed by atoms with Crippen LogP contribution in [0.25, 0.3) is 0 Å². The van der Waals surface area contributed by atoms with E-state index in [4.69, 9.17) is 0 Å². The van der Waals surface area contributed by atoms with Gasteiger partial charge in [-0.3, -0.25) is 4.79 Å². The molecule has 2 N–H and O–H groups in total. The predicted molar refractivity (Wildman–Crippen MR) is 55.9 cm³/mol. The SMILES string of the molecule is CC.CCC1C(=O)CNCC1NC. The summed E-state index contributed by atoms with van der Waals surface area (Å²) in [5, 5.41) is 6.24. The van der Waals surface area contributed by atoms with Crippen LogP contribution in [0.5, 0.6) is 0 Å². The van der Waals surface area contributed by atoms with E-state index < -0.39 is 0 Å². The molecule has 3 nitrogen and oxygen atoms in total. The fourth-order valence-electron chi connectivity index (χ4n) is 1.66. The smallest absolute Gasteiger partial charge is 0.151 e. The zero-order valence-corrected chi connectivity index (χ0v) is 9.18. The average Bonchev–Trinajstić information content (AvgIpc) is 2.20. The van der Waals surface area contributed by atoms with Gasteiger partial charge < -0.3 is 10.6 Å². The first-order valence-corrected chi connectivity index (χ1v) is 5.20. The second-order valence-electron chi connectivity index (χ2n) is 3.01. The summed E-state index contributed by atoms with van der Waals surface area (Å²) in [6.45, 7) is 7.54. The molecule has 0 aromatic rings. The summed E-state index contributed by atoms with van der Waals surface area (Å²) in [6, 6.07) is 0.334. The third-order valence-electron chi connectivity index (χ3n) is 2.37. The van der Waals surface area contributed by atoms with Gasteiger partial charge in [0.2, 0.25) is 0 Å². The first-order valence-electron chi connectivity index (χ1n) is 5.20. The average molecular weight is 186 g/mol. The summed E-state index contributed by atoms with van der Waals surface area (Å²) in [4.78, 5) is 11.3. The Labute approximate surface area is 81.3 Å². The van der Waals surface area contributed by atoms with Crippen molar-refractivity contribution in [3.05, 3.63) is 0 Å². The first kappa shape index (κ1) is 12.6. The lowest BCUT2D eigenvalue weighted by molar-refractivity contribution is -0.124. The van der Waals surface area contributed by atoms with Gasteiger partial charge in [-0.05, 0) is 13.5 Å². The van der Waals surface area contributed by atoms with Crippen molar-refractivity contribution in [3.8, 4) is 0 Å². The van der Waals surface area contributed by atoms with Crippen LogP contribution in [0.3, 0.4) is 0 Å². The molecular formula is C10H22N2O. The van der Waals surface area contributed by atoms with Crippen LogP contribution in [0.15, 0.2) is 0 Å². The van der Waals surface area contributed by atoms with Crippen molar-refractivity contribution in [3.63, 3.8) is 0 Å². The van der Waals surface area contributed by atoms with E-state index in [1.54, 1.807) is 0 Å². The van der Waals surface area contributed by atoms with E-state index in [1.165, 1.54) is 0 Å². The third-order valence-corrected chi connectivity index (χ3v) is 2.37. The zero-order valence-electron chi connectivity index (χ0n) is 9.18. The van der Waals surface area contributed by atoms with Crippen molar-refractivity contribution in [1.82, 2.24) is 10.6 Å². The summed E-state index contributed by atoms with van der Waals surface area (Å²) in [5.41, 5.74) is 0. The van der Waals surface area contributed by atoms with Crippen molar-refractivity contribution in [2.75, 3.05) is 20.1 Å². The quantitative estimate of drug-likeness (QED) is 0.670. The summed E-state index contributed by atoms with van der Waals surface area (Å²) < 4.78 is 0. The van der Waals surface area contributed by atoms with E-state index in [2.05, 4.69) is 17.6 Å². The molecule has 0 aromatic heterocycles. The molecule has 0 amide bonds. The molecule has 1 heterocycles. The molecule has 0 saturated carbocycles. The highest BCUT2D eigenvalue weighted by atomic mass is 16.1. The standard InChI is InChI=1S/C8H16N2O.C2H6/c1-3-6-7(9-2)4-10-5-8(6)11;1-2/h6-7,9-10H,3-5H2,1-2H3;1-2H3. The number of carbonyl (C=O) groups is 1. The minimum atomic E-state index is 0.223.